The second-order valence-electron chi connectivity index (χ2n) is 9.83. The number of rotatable bonds is 12. The zero-order chi connectivity index (χ0) is 25.3. The van der Waals surface area contributed by atoms with Gasteiger partial charge in [-0.15, -0.1) is 0 Å². The minimum atomic E-state index is -1.10. The van der Waals surface area contributed by atoms with E-state index in [2.05, 4.69) is 27.0 Å². The summed E-state index contributed by atoms with van der Waals surface area (Å²) in [6, 6.07) is 11.4. The number of piperidine rings is 1. The lowest BCUT2D eigenvalue weighted by molar-refractivity contribution is -0.137. The number of ether oxygens (including phenoxy) is 1. The summed E-state index contributed by atoms with van der Waals surface area (Å²) in [4.78, 5) is 22.2. The van der Waals surface area contributed by atoms with Gasteiger partial charge in [-0.3, -0.25) is 14.8 Å². The summed E-state index contributed by atoms with van der Waals surface area (Å²) < 4.78 is 20.9. The zero-order valence-electron chi connectivity index (χ0n) is 21.0. The van der Waals surface area contributed by atoms with Crippen molar-refractivity contribution in [3.8, 4) is 5.75 Å². The highest BCUT2D eigenvalue weighted by molar-refractivity contribution is 5.83. The number of likely N-dealkylation sites (tertiary alicyclic amines) is 1. The Hall–Kier alpha value is -3.06. The van der Waals surface area contributed by atoms with Crippen LogP contribution in [0.5, 0.6) is 5.75 Å². The van der Waals surface area contributed by atoms with Gasteiger partial charge in [0.25, 0.3) is 0 Å². The topological polar surface area (TPSA) is 75.5 Å². The van der Waals surface area contributed by atoms with E-state index in [-0.39, 0.29) is 12.3 Å². The highest BCUT2D eigenvalue weighted by atomic mass is 19.1. The Morgan fingerprint density at radius 3 is 2.78 bits per heavy atom. The summed E-state index contributed by atoms with van der Waals surface area (Å²) in [6.07, 6.45) is 9.26. The Kier molecular flexibility index (Phi) is 9.23. The van der Waals surface area contributed by atoms with Crippen molar-refractivity contribution in [2.75, 3.05) is 26.7 Å². The number of fused-ring (bicyclic) bond motifs is 1. The van der Waals surface area contributed by atoms with E-state index >= 15 is 4.39 Å². The fraction of sp³-hybridized carbons (Fsp3) is 0.483. The number of hydrogen-bond donors (Lipinski definition) is 1. The quantitative estimate of drug-likeness (QED) is 0.340. The number of aromatic nitrogens is 2. The SMILES string of the molecule is COc1ccc2nccc(C(F)CC[C@@H]3CCN(CCCc4ccncc4)C[C@@H]3CCC(=O)O)c2c1. The van der Waals surface area contributed by atoms with Gasteiger partial charge >= 0.3 is 5.97 Å². The number of aryl methyl sites for hydroxylation is 1. The second-order valence-corrected chi connectivity index (χ2v) is 9.83. The molecule has 4 rings (SSSR count). The lowest BCUT2D eigenvalue weighted by Gasteiger charge is -2.39. The minimum Gasteiger partial charge on any atom is -0.497 e. The third-order valence-corrected chi connectivity index (χ3v) is 7.50. The van der Waals surface area contributed by atoms with Gasteiger partial charge in [-0.2, -0.15) is 0 Å². The molecule has 6 nitrogen and oxygen atoms in total. The van der Waals surface area contributed by atoms with E-state index in [1.165, 1.54) is 5.56 Å². The van der Waals surface area contributed by atoms with Gasteiger partial charge in [-0.05, 0) is 111 Å². The fourth-order valence-corrected chi connectivity index (χ4v) is 5.49. The Bertz CT molecular complexity index is 1130. The lowest BCUT2D eigenvalue weighted by atomic mass is 9.79. The summed E-state index contributed by atoms with van der Waals surface area (Å²) in [5.74, 6) is 0.539. The summed E-state index contributed by atoms with van der Waals surface area (Å²) in [6.45, 7) is 2.87. The maximum Gasteiger partial charge on any atom is 0.303 e. The van der Waals surface area contributed by atoms with Crippen molar-refractivity contribution >= 4 is 16.9 Å². The molecule has 7 heteroatoms. The number of halogens is 1. The molecule has 192 valence electrons. The van der Waals surface area contributed by atoms with Gasteiger partial charge in [0.2, 0.25) is 0 Å². The van der Waals surface area contributed by atoms with Crippen LogP contribution in [0.1, 0.15) is 55.8 Å². The summed E-state index contributed by atoms with van der Waals surface area (Å²) in [7, 11) is 1.60. The monoisotopic (exact) mass is 493 g/mol. The van der Waals surface area contributed by atoms with Gasteiger partial charge in [0.15, 0.2) is 0 Å². The van der Waals surface area contributed by atoms with Gasteiger partial charge in [-0.1, -0.05) is 0 Å². The molecule has 3 atom stereocenters. The van der Waals surface area contributed by atoms with Gasteiger partial charge in [-0.25, -0.2) is 4.39 Å². The number of methoxy groups -OCH3 is 1. The molecule has 1 aliphatic heterocycles. The summed E-state index contributed by atoms with van der Waals surface area (Å²) in [5.41, 5.74) is 2.70. The highest BCUT2D eigenvalue weighted by Crippen LogP contribution is 2.36. The fourth-order valence-electron chi connectivity index (χ4n) is 5.49. The molecular formula is C29H36FN3O3. The van der Waals surface area contributed by atoms with Gasteiger partial charge < -0.3 is 14.7 Å². The van der Waals surface area contributed by atoms with E-state index < -0.39 is 12.1 Å². The average molecular weight is 494 g/mol. The van der Waals surface area contributed by atoms with E-state index in [0.717, 1.165) is 56.2 Å². The summed E-state index contributed by atoms with van der Waals surface area (Å²) >= 11 is 0. The van der Waals surface area contributed by atoms with Crippen LogP contribution < -0.4 is 4.74 Å². The molecule has 0 aliphatic carbocycles. The van der Waals surface area contributed by atoms with E-state index in [0.29, 0.717) is 30.1 Å². The van der Waals surface area contributed by atoms with E-state index in [1.807, 2.05) is 30.6 Å². The van der Waals surface area contributed by atoms with Crippen LogP contribution in [0.3, 0.4) is 0 Å². The molecule has 0 saturated carbocycles. The molecule has 2 aromatic heterocycles. The average Bonchev–Trinajstić information content (AvgIpc) is 2.91. The van der Waals surface area contributed by atoms with Crippen molar-refractivity contribution in [2.24, 2.45) is 11.8 Å². The first-order valence-corrected chi connectivity index (χ1v) is 12.9. The number of pyridine rings is 2. The molecule has 0 spiro atoms. The van der Waals surface area contributed by atoms with Crippen LogP contribution in [0, 0.1) is 11.8 Å². The number of aliphatic carboxylic acids is 1. The lowest BCUT2D eigenvalue weighted by Crippen LogP contribution is -2.41. The minimum absolute atomic E-state index is 0.167. The van der Waals surface area contributed by atoms with Crippen molar-refractivity contribution in [1.29, 1.82) is 0 Å². The predicted octanol–water partition coefficient (Wildman–Crippen LogP) is 5.86. The van der Waals surface area contributed by atoms with E-state index in [9.17, 15) is 9.90 Å². The van der Waals surface area contributed by atoms with E-state index in [1.54, 1.807) is 19.4 Å². The first-order valence-electron chi connectivity index (χ1n) is 12.9. The van der Waals surface area contributed by atoms with Crippen molar-refractivity contribution in [1.82, 2.24) is 14.9 Å². The van der Waals surface area contributed by atoms with Crippen molar-refractivity contribution < 1.29 is 19.0 Å². The molecule has 1 aromatic carbocycles. The number of nitrogens with zero attached hydrogens (tertiary/aromatic N) is 3. The van der Waals surface area contributed by atoms with Crippen molar-refractivity contribution in [2.45, 2.75) is 51.1 Å². The number of carboxylic acids is 1. The second kappa shape index (κ2) is 12.8. The standard InChI is InChI=1S/C29H36FN3O3/c1-36-24-6-8-28-26(19-24)25(12-16-32-28)27(30)7-4-22-13-18-33(20-23(22)5-9-29(34)35)17-2-3-21-10-14-31-15-11-21/h6,8,10-12,14-16,19,22-23,27H,2-5,7,9,13,17-18,20H2,1H3,(H,34,35)/t22-,23+,27?/m1/s1. The van der Waals surface area contributed by atoms with Crippen LogP contribution in [-0.4, -0.2) is 52.7 Å². The van der Waals surface area contributed by atoms with Crippen molar-refractivity contribution in [3.63, 3.8) is 0 Å². The molecule has 1 fully saturated rings. The first-order chi connectivity index (χ1) is 17.5. The molecule has 1 N–H and O–H groups in total. The number of hydrogen-bond acceptors (Lipinski definition) is 5. The Morgan fingerprint density at radius 2 is 2.00 bits per heavy atom. The van der Waals surface area contributed by atoms with Crippen LogP contribution in [0.25, 0.3) is 10.9 Å². The van der Waals surface area contributed by atoms with Crippen LogP contribution in [0.4, 0.5) is 4.39 Å². The Morgan fingerprint density at radius 1 is 1.17 bits per heavy atom. The molecule has 3 aromatic rings. The maximum absolute atomic E-state index is 15.5. The maximum atomic E-state index is 15.5. The normalized spacial score (nSPS) is 19.3. The number of carbonyl (C=O) groups is 1. The molecule has 1 saturated heterocycles. The molecular weight excluding hydrogens is 457 g/mol. The van der Waals surface area contributed by atoms with Crippen molar-refractivity contribution in [3.05, 3.63) is 66.1 Å². The molecule has 1 unspecified atom stereocenters. The first kappa shape index (κ1) is 26.0. The van der Waals surface area contributed by atoms with Crippen LogP contribution in [0.15, 0.2) is 55.0 Å². The van der Waals surface area contributed by atoms with Crippen LogP contribution in [-0.2, 0) is 11.2 Å². The van der Waals surface area contributed by atoms with E-state index in [4.69, 9.17) is 4.74 Å². The predicted molar refractivity (Wildman–Crippen MR) is 139 cm³/mol. The molecule has 36 heavy (non-hydrogen) atoms. The zero-order valence-corrected chi connectivity index (χ0v) is 21.0. The third-order valence-electron chi connectivity index (χ3n) is 7.50. The molecule has 3 heterocycles. The molecule has 0 radical (unpaired) electrons. The largest absolute Gasteiger partial charge is 0.497 e. The molecule has 1 aliphatic rings. The number of alkyl halides is 1. The molecule has 0 amide bonds. The van der Waals surface area contributed by atoms with Crippen LogP contribution in [0.2, 0.25) is 0 Å². The Labute approximate surface area is 212 Å². The summed E-state index contributed by atoms with van der Waals surface area (Å²) in [5, 5.41) is 10.1. The van der Waals surface area contributed by atoms with Gasteiger partial charge in [0.05, 0.1) is 12.6 Å². The van der Waals surface area contributed by atoms with Gasteiger partial charge in [0.1, 0.15) is 11.9 Å². The highest BCUT2D eigenvalue weighted by Gasteiger charge is 2.30. The van der Waals surface area contributed by atoms with Gasteiger partial charge in [0, 0.05) is 36.9 Å². The third kappa shape index (κ3) is 7.00. The smallest absolute Gasteiger partial charge is 0.303 e. The van der Waals surface area contributed by atoms with Crippen LogP contribution >= 0.6 is 0 Å². The number of carboxylic acid groups (broad SMARTS) is 1. The Balaban J connectivity index is 1.35. The molecule has 0 bridgehead atoms. The number of benzene rings is 1.